The Kier molecular flexibility index (Phi) is 5.09. The summed E-state index contributed by atoms with van der Waals surface area (Å²) in [5.41, 5.74) is 0.739. The van der Waals surface area contributed by atoms with Gasteiger partial charge in [0.1, 0.15) is 5.69 Å². The summed E-state index contributed by atoms with van der Waals surface area (Å²) in [5.74, 6) is 1.19. The van der Waals surface area contributed by atoms with Crippen LogP contribution in [0.5, 0.6) is 5.75 Å². The van der Waals surface area contributed by atoms with Crippen molar-refractivity contribution in [2.24, 2.45) is 0 Å². The first-order valence-corrected chi connectivity index (χ1v) is 6.00. The Bertz CT molecular complexity index is 326. The number of alkyl halides is 1. The van der Waals surface area contributed by atoms with Crippen molar-refractivity contribution in [3.63, 3.8) is 0 Å². The quantitative estimate of drug-likeness (QED) is 0.785. The van der Waals surface area contributed by atoms with E-state index in [1.807, 2.05) is 13.8 Å². The van der Waals surface area contributed by atoms with Crippen molar-refractivity contribution < 1.29 is 9.84 Å². The fourth-order valence-electron chi connectivity index (χ4n) is 1.65. The van der Waals surface area contributed by atoms with Crippen LogP contribution in [0.3, 0.4) is 0 Å². The number of rotatable bonds is 6. The maximum atomic E-state index is 10.1. The van der Waals surface area contributed by atoms with E-state index in [1.165, 1.54) is 0 Å². The van der Waals surface area contributed by atoms with Gasteiger partial charge in [0, 0.05) is 11.9 Å². The highest BCUT2D eigenvalue weighted by molar-refractivity contribution is 6.17. The van der Waals surface area contributed by atoms with Gasteiger partial charge in [-0.1, -0.05) is 0 Å². The van der Waals surface area contributed by atoms with Crippen LogP contribution in [0.25, 0.3) is 0 Å². The molecule has 1 aromatic rings. The summed E-state index contributed by atoms with van der Waals surface area (Å²) in [4.78, 5) is 0. The van der Waals surface area contributed by atoms with Crippen LogP contribution in [0.1, 0.15) is 44.5 Å². The fourth-order valence-corrected chi connectivity index (χ4v) is 1.80. The minimum atomic E-state index is -0.571. The third-order valence-corrected chi connectivity index (χ3v) is 2.70. The molecule has 1 atom stereocenters. The molecule has 0 saturated carbocycles. The third-order valence-electron chi connectivity index (χ3n) is 2.43. The van der Waals surface area contributed by atoms with E-state index in [0.717, 1.165) is 12.1 Å². The van der Waals surface area contributed by atoms with Crippen molar-refractivity contribution >= 4 is 11.6 Å². The van der Waals surface area contributed by atoms with Crippen LogP contribution >= 0.6 is 11.6 Å². The number of nitrogens with zero attached hydrogens (tertiary/aromatic N) is 2. The lowest BCUT2D eigenvalue weighted by atomic mass is 10.1. The first-order valence-electron chi connectivity index (χ1n) is 5.47. The predicted octanol–water partition coefficient (Wildman–Crippen LogP) is 2.53. The summed E-state index contributed by atoms with van der Waals surface area (Å²) in [6.07, 6.45) is 2.46. The molecule has 0 spiro atoms. The van der Waals surface area contributed by atoms with E-state index in [-0.39, 0.29) is 6.04 Å². The minimum Gasteiger partial charge on any atom is -0.493 e. The van der Waals surface area contributed by atoms with E-state index >= 15 is 0 Å². The average Bonchev–Trinajstić information content (AvgIpc) is 2.69. The van der Waals surface area contributed by atoms with Crippen molar-refractivity contribution in [1.29, 1.82) is 0 Å². The van der Waals surface area contributed by atoms with E-state index in [2.05, 4.69) is 5.10 Å². The van der Waals surface area contributed by atoms with E-state index < -0.39 is 6.10 Å². The Morgan fingerprint density at radius 2 is 2.25 bits per heavy atom. The van der Waals surface area contributed by atoms with Gasteiger partial charge in [0.05, 0.1) is 19.4 Å². The van der Waals surface area contributed by atoms with Crippen molar-refractivity contribution in [3.8, 4) is 5.75 Å². The van der Waals surface area contributed by atoms with Gasteiger partial charge in [-0.15, -0.1) is 11.6 Å². The zero-order valence-corrected chi connectivity index (χ0v) is 10.7. The minimum absolute atomic E-state index is 0.199. The Morgan fingerprint density at radius 1 is 1.56 bits per heavy atom. The molecular weight excluding hydrogens is 228 g/mol. The number of aliphatic hydroxyl groups is 1. The zero-order valence-electron chi connectivity index (χ0n) is 9.98. The SMILES string of the molecule is COc1cnn(C(C)C)c1C(O)CCCCl. The maximum Gasteiger partial charge on any atom is 0.162 e. The van der Waals surface area contributed by atoms with E-state index in [0.29, 0.717) is 18.1 Å². The monoisotopic (exact) mass is 246 g/mol. The molecule has 16 heavy (non-hydrogen) atoms. The van der Waals surface area contributed by atoms with Crippen molar-refractivity contribution in [2.45, 2.75) is 38.8 Å². The zero-order chi connectivity index (χ0) is 12.1. The molecule has 4 nitrogen and oxygen atoms in total. The van der Waals surface area contributed by atoms with Crippen LogP contribution in [-0.4, -0.2) is 27.9 Å². The topological polar surface area (TPSA) is 47.3 Å². The van der Waals surface area contributed by atoms with Gasteiger partial charge in [-0.2, -0.15) is 5.10 Å². The standard InChI is InChI=1S/C11H19ClN2O2/c1-8(2)14-11(9(15)5-4-6-12)10(16-3)7-13-14/h7-9,15H,4-6H2,1-3H3. The number of halogens is 1. The predicted molar refractivity (Wildman–Crippen MR) is 64.1 cm³/mol. The van der Waals surface area contributed by atoms with Gasteiger partial charge in [-0.25, -0.2) is 0 Å². The maximum absolute atomic E-state index is 10.1. The summed E-state index contributed by atoms with van der Waals surface area (Å²) in [7, 11) is 1.58. The van der Waals surface area contributed by atoms with E-state index in [4.69, 9.17) is 16.3 Å². The molecule has 0 aliphatic rings. The average molecular weight is 247 g/mol. The Morgan fingerprint density at radius 3 is 2.75 bits per heavy atom. The highest BCUT2D eigenvalue weighted by atomic mass is 35.5. The van der Waals surface area contributed by atoms with Gasteiger partial charge in [0.25, 0.3) is 0 Å². The van der Waals surface area contributed by atoms with Gasteiger partial charge in [-0.3, -0.25) is 4.68 Å². The number of hydrogen-bond acceptors (Lipinski definition) is 3. The van der Waals surface area contributed by atoms with Crippen molar-refractivity contribution in [3.05, 3.63) is 11.9 Å². The number of aromatic nitrogens is 2. The molecule has 1 rings (SSSR count). The van der Waals surface area contributed by atoms with Crippen LogP contribution in [0.2, 0.25) is 0 Å². The Labute approximate surface area is 101 Å². The van der Waals surface area contributed by atoms with Crippen molar-refractivity contribution in [1.82, 2.24) is 9.78 Å². The third kappa shape index (κ3) is 2.89. The highest BCUT2D eigenvalue weighted by Gasteiger charge is 2.20. The Hall–Kier alpha value is -0.740. The second-order valence-corrected chi connectivity index (χ2v) is 4.36. The molecule has 1 aromatic heterocycles. The number of ether oxygens (including phenoxy) is 1. The summed E-state index contributed by atoms with van der Waals surface area (Å²) in [6, 6.07) is 0.199. The summed E-state index contributed by atoms with van der Waals surface area (Å²) in [6.45, 7) is 4.04. The molecule has 0 aliphatic heterocycles. The van der Waals surface area contributed by atoms with E-state index in [1.54, 1.807) is 18.0 Å². The van der Waals surface area contributed by atoms with Crippen LogP contribution in [-0.2, 0) is 0 Å². The molecule has 0 saturated heterocycles. The van der Waals surface area contributed by atoms with E-state index in [9.17, 15) is 5.11 Å². The van der Waals surface area contributed by atoms with Crippen LogP contribution < -0.4 is 4.74 Å². The molecule has 1 N–H and O–H groups in total. The molecule has 0 aromatic carbocycles. The normalized spacial score (nSPS) is 13.1. The van der Waals surface area contributed by atoms with Gasteiger partial charge in [0.2, 0.25) is 0 Å². The Balaban J connectivity index is 2.93. The molecular formula is C11H19ClN2O2. The van der Waals surface area contributed by atoms with Crippen LogP contribution in [0.4, 0.5) is 0 Å². The lowest BCUT2D eigenvalue weighted by Crippen LogP contribution is -2.12. The van der Waals surface area contributed by atoms with Gasteiger partial charge < -0.3 is 9.84 Å². The second-order valence-electron chi connectivity index (χ2n) is 3.98. The fraction of sp³-hybridized carbons (Fsp3) is 0.727. The van der Waals surface area contributed by atoms with Crippen LogP contribution in [0.15, 0.2) is 6.20 Å². The first kappa shape index (κ1) is 13.3. The molecule has 0 radical (unpaired) electrons. The molecule has 0 bridgehead atoms. The number of aliphatic hydroxyl groups excluding tert-OH is 1. The molecule has 0 fully saturated rings. The highest BCUT2D eigenvalue weighted by Crippen LogP contribution is 2.29. The van der Waals surface area contributed by atoms with Gasteiger partial charge >= 0.3 is 0 Å². The molecule has 5 heteroatoms. The van der Waals surface area contributed by atoms with Crippen molar-refractivity contribution in [2.75, 3.05) is 13.0 Å². The van der Waals surface area contributed by atoms with Gasteiger partial charge in [-0.05, 0) is 26.7 Å². The second kappa shape index (κ2) is 6.11. The molecule has 1 unspecified atom stereocenters. The lowest BCUT2D eigenvalue weighted by molar-refractivity contribution is 0.149. The molecule has 0 amide bonds. The summed E-state index contributed by atoms with van der Waals surface area (Å²) >= 11 is 5.62. The number of methoxy groups -OCH3 is 1. The molecule has 0 aliphatic carbocycles. The first-order chi connectivity index (χ1) is 7.61. The summed E-state index contributed by atoms with van der Waals surface area (Å²) in [5, 5.41) is 14.3. The smallest absolute Gasteiger partial charge is 0.162 e. The largest absolute Gasteiger partial charge is 0.493 e. The van der Waals surface area contributed by atoms with Gasteiger partial charge in [0.15, 0.2) is 5.75 Å². The number of hydrogen-bond donors (Lipinski definition) is 1. The molecule has 92 valence electrons. The summed E-state index contributed by atoms with van der Waals surface area (Å²) < 4.78 is 6.99. The lowest BCUT2D eigenvalue weighted by Gasteiger charge is -2.16. The molecule has 1 heterocycles. The van der Waals surface area contributed by atoms with Crippen LogP contribution in [0, 0.1) is 0 Å².